The maximum absolute atomic E-state index is 11.4. The van der Waals surface area contributed by atoms with Gasteiger partial charge in [-0.05, 0) is 24.7 Å². The summed E-state index contributed by atoms with van der Waals surface area (Å²) in [5.74, 6) is 1.20. The van der Waals surface area contributed by atoms with Crippen LogP contribution in [0.25, 0.3) is 0 Å². The van der Waals surface area contributed by atoms with Crippen molar-refractivity contribution < 1.29 is 9.53 Å². The predicted octanol–water partition coefficient (Wildman–Crippen LogP) is 1.87. The second kappa shape index (κ2) is 3.20. The number of carbonyl (C=O) groups is 1. The zero-order valence-electron chi connectivity index (χ0n) is 8.32. The summed E-state index contributed by atoms with van der Waals surface area (Å²) in [4.78, 5) is 13.2. The number of amides is 1. The van der Waals surface area contributed by atoms with Gasteiger partial charge in [0.25, 0.3) is 0 Å². The van der Waals surface area contributed by atoms with Gasteiger partial charge < -0.3 is 9.64 Å². The summed E-state index contributed by atoms with van der Waals surface area (Å²) < 4.78 is 5.25. The molecule has 1 saturated carbocycles. The minimum Gasteiger partial charge on any atom is -0.444 e. The molecule has 1 aliphatic carbocycles. The van der Waals surface area contributed by atoms with E-state index in [1.54, 1.807) is 0 Å². The van der Waals surface area contributed by atoms with E-state index < -0.39 is 0 Å². The first kappa shape index (κ1) is 8.85. The Morgan fingerprint density at radius 3 is 2.69 bits per heavy atom. The summed E-state index contributed by atoms with van der Waals surface area (Å²) in [6.07, 6.45) is 2.59. The molecule has 1 saturated heterocycles. The number of carbonyl (C=O) groups excluding carboxylic acids is 1. The molecule has 1 atom stereocenters. The summed E-state index contributed by atoms with van der Waals surface area (Å²) in [6, 6.07) is 0. The fourth-order valence-corrected chi connectivity index (χ4v) is 1.64. The van der Waals surface area contributed by atoms with Gasteiger partial charge in [-0.15, -0.1) is 0 Å². The van der Waals surface area contributed by atoms with Crippen molar-refractivity contribution in [1.82, 2.24) is 4.90 Å². The molecule has 0 aromatic heterocycles. The van der Waals surface area contributed by atoms with E-state index in [-0.39, 0.29) is 12.2 Å². The quantitative estimate of drug-likeness (QED) is 0.668. The van der Waals surface area contributed by atoms with Crippen molar-refractivity contribution in [1.29, 1.82) is 0 Å². The predicted molar refractivity (Wildman–Crippen MR) is 49.4 cm³/mol. The van der Waals surface area contributed by atoms with Gasteiger partial charge in [-0.1, -0.05) is 13.8 Å². The Kier molecular flexibility index (Phi) is 2.18. The lowest BCUT2D eigenvalue weighted by Crippen LogP contribution is -2.28. The van der Waals surface area contributed by atoms with Crippen LogP contribution in [0.4, 0.5) is 4.79 Å². The summed E-state index contributed by atoms with van der Waals surface area (Å²) in [7, 11) is 0. The normalized spacial score (nSPS) is 28.4. The van der Waals surface area contributed by atoms with E-state index in [0.29, 0.717) is 5.92 Å². The van der Waals surface area contributed by atoms with Crippen molar-refractivity contribution in [3.8, 4) is 0 Å². The molecule has 0 N–H and O–H groups in total. The first-order valence-electron chi connectivity index (χ1n) is 5.12. The van der Waals surface area contributed by atoms with Crippen molar-refractivity contribution >= 4 is 6.09 Å². The Morgan fingerprint density at radius 2 is 2.23 bits per heavy atom. The first-order valence-corrected chi connectivity index (χ1v) is 5.12. The lowest BCUT2D eigenvalue weighted by atomic mass is 10.1. The zero-order chi connectivity index (χ0) is 9.42. The van der Waals surface area contributed by atoms with Crippen LogP contribution in [0, 0.1) is 11.8 Å². The Hall–Kier alpha value is -0.730. The van der Waals surface area contributed by atoms with Crippen molar-refractivity contribution in [3.05, 3.63) is 0 Å². The third-order valence-electron chi connectivity index (χ3n) is 2.83. The molecule has 74 valence electrons. The smallest absolute Gasteiger partial charge is 0.410 e. The van der Waals surface area contributed by atoms with Crippen LogP contribution in [0.5, 0.6) is 0 Å². The van der Waals surface area contributed by atoms with Gasteiger partial charge in [-0.3, -0.25) is 0 Å². The Morgan fingerprint density at radius 1 is 1.54 bits per heavy atom. The Labute approximate surface area is 79.0 Å². The molecule has 0 bridgehead atoms. The summed E-state index contributed by atoms with van der Waals surface area (Å²) in [5, 5.41) is 0. The summed E-state index contributed by atoms with van der Waals surface area (Å²) in [5.41, 5.74) is 0. The third kappa shape index (κ3) is 1.95. The zero-order valence-corrected chi connectivity index (χ0v) is 8.32. The molecule has 0 spiro atoms. The highest BCUT2D eigenvalue weighted by atomic mass is 16.6. The second-order valence-corrected chi connectivity index (χ2v) is 4.51. The lowest BCUT2D eigenvalue weighted by molar-refractivity contribution is 0.112. The molecule has 2 aliphatic rings. The number of hydrogen-bond acceptors (Lipinski definition) is 2. The highest BCUT2D eigenvalue weighted by molar-refractivity contribution is 5.69. The maximum Gasteiger partial charge on any atom is 0.410 e. The molecule has 13 heavy (non-hydrogen) atoms. The molecule has 3 heteroatoms. The maximum atomic E-state index is 11.4. The van der Waals surface area contributed by atoms with Crippen molar-refractivity contribution in [3.63, 3.8) is 0 Å². The van der Waals surface area contributed by atoms with Gasteiger partial charge in [0.1, 0.15) is 6.10 Å². The molecule has 1 amide bonds. The van der Waals surface area contributed by atoms with Crippen LogP contribution in [0.3, 0.4) is 0 Å². The third-order valence-corrected chi connectivity index (χ3v) is 2.83. The summed E-state index contributed by atoms with van der Waals surface area (Å²) in [6.45, 7) is 5.91. The van der Waals surface area contributed by atoms with Crippen LogP contribution in [0.15, 0.2) is 0 Å². The molecule has 0 unspecified atom stereocenters. The van der Waals surface area contributed by atoms with Crippen LogP contribution in [0.1, 0.15) is 26.7 Å². The van der Waals surface area contributed by atoms with E-state index in [0.717, 1.165) is 19.0 Å². The first-order chi connectivity index (χ1) is 6.16. The average molecular weight is 183 g/mol. The topological polar surface area (TPSA) is 29.5 Å². The SMILES string of the molecule is CC(C)[C@H]1CN(CC2CC2)C(=O)O1. The van der Waals surface area contributed by atoms with E-state index in [4.69, 9.17) is 4.74 Å². The van der Waals surface area contributed by atoms with Crippen LogP contribution < -0.4 is 0 Å². The molecule has 2 fully saturated rings. The van der Waals surface area contributed by atoms with Crippen molar-refractivity contribution in [2.75, 3.05) is 13.1 Å². The number of rotatable bonds is 3. The van der Waals surface area contributed by atoms with E-state index in [1.165, 1.54) is 12.8 Å². The number of nitrogens with zero attached hydrogens (tertiary/aromatic N) is 1. The van der Waals surface area contributed by atoms with Crippen molar-refractivity contribution in [2.45, 2.75) is 32.8 Å². The van der Waals surface area contributed by atoms with Gasteiger partial charge in [-0.25, -0.2) is 4.79 Å². The van der Waals surface area contributed by atoms with Crippen LogP contribution in [-0.4, -0.2) is 30.2 Å². The molecule has 1 aliphatic heterocycles. The van der Waals surface area contributed by atoms with Crippen molar-refractivity contribution in [2.24, 2.45) is 11.8 Å². The Balaban J connectivity index is 1.87. The summed E-state index contributed by atoms with van der Waals surface area (Å²) >= 11 is 0. The minimum absolute atomic E-state index is 0.106. The van der Waals surface area contributed by atoms with Gasteiger partial charge in [0, 0.05) is 6.54 Å². The molecule has 0 aromatic carbocycles. The highest BCUT2D eigenvalue weighted by Crippen LogP contribution is 2.31. The van der Waals surface area contributed by atoms with Gasteiger partial charge in [-0.2, -0.15) is 0 Å². The standard InChI is InChI=1S/C10H17NO2/c1-7(2)9-6-11(10(12)13-9)5-8-3-4-8/h7-9H,3-6H2,1-2H3/t9-/m1/s1. The molecule has 0 radical (unpaired) electrons. The number of hydrogen-bond donors (Lipinski definition) is 0. The van der Waals surface area contributed by atoms with Gasteiger partial charge in [0.05, 0.1) is 6.54 Å². The lowest BCUT2D eigenvalue weighted by Gasteiger charge is -2.13. The van der Waals surface area contributed by atoms with Gasteiger partial charge >= 0.3 is 6.09 Å². The fourth-order valence-electron chi connectivity index (χ4n) is 1.64. The molecule has 1 heterocycles. The van der Waals surface area contributed by atoms with Crippen LogP contribution in [-0.2, 0) is 4.74 Å². The minimum atomic E-state index is -0.106. The van der Waals surface area contributed by atoms with E-state index in [1.807, 2.05) is 4.90 Å². The fraction of sp³-hybridized carbons (Fsp3) is 0.900. The Bertz CT molecular complexity index is 211. The van der Waals surface area contributed by atoms with E-state index in [2.05, 4.69) is 13.8 Å². The highest BCUT2D eigenvalue weighted by Gasteiger charge is 2.36. The van der Waals surface area contributed by atoms with Gasteiger partial charge in [0.15, 0.2) is 0 Å². The molecular weight excluding hydrogens is 166 g/mol. The van der Waals surface area contributed by atoms with E-state index in [9.17, 15) is 4.79 Å². The monoisotopic (exact) mass is 183 g/mol. The molecule has 3 nitrogen and oxygen atoms in total. The van der Waals surface area contributed by atoms with Crippen LogP contribution >= 0.6 is 0 Å². The molecular formula is C10H17NO2. The van der Waals surface area contributed by atoms with Gasteiger partial charge in [0.2, 0.25) is 0 Å². The molecule has 0 aromatic rings. The van der Waals surface area contributed by atoms with E-state index >= 15 is 0 Å². The average Bonchev–Trinajstić information content (AvgIpc) is 2.78. The number of ether oxygens (including phenoxy) is 1. The number of cyclic esters (lactones) is 1. The largest absolute Gasteiger partial charge is 0.444 e. The second-order valence-electron chi connectivity index (χ2n) is 4.51. The van der Waals surface area contributed by atoms with Crippen LogP contribution in [0.2, 0.25) is 0 Å². The molecule has 2 rings (SSSR count).